The number of nitrogens with one attached hydrogen (secondary N) is 1. The Morgan fingerprint density at radius 2 is 2.15 bits per heavy atom. The maximum Gasteiger partial charge on any atom is 0.243 e. The highest BCUT2D eigenvalue weighted by molar-refractivity contribution is 6.32. The third-order valence-electron chi connectivity index (χ3n) is 4.18. The van der Waals surface area contributed by atoms with Gasteiger partial charge in [-0.3, -0.25) is 9.69 Å². The first-order valence-corrected chi connectivity index (χ1v) is 9.78. The average Bonchev–Trinajstić information content (AvgIpc) is 2.69. The van der Waals surface area contributed by atoms with Crippen LogP contribution < -0.4 is 14.8 Å². The standard InChI is InChI=1S/C20H29ClN2O4/c1-3-11-27-20-17(21)14-16(15-18(20)25-2)5-6-19(24)22-7-4-8-23-9-12-26-13-10-23/h5-6,14-15H,3-4,7-13H2,1-2H3,(H,22,24). The van der Waals surface area contributed by atoms with Gasteiger partial charge in [-0.2, -0.15) is 0 Å². The fourth-order valence-electron chi connectivity index (χ4n) is 2.75. The van der Waals surface area contributed by atoms with Crippen LogP contribution in [-0.4, -0.2) is 63.9 Å². The molecular formula is C20H29ClN2O4. The Kier molecular flexibility index (Phi) is 9.45. The van der Waals surface area contributed by atoms with Crippen LogP contribution in [0.1, 0.15) is 25.3 Å². The zero-order valence-electron chi connectivity index (χ0n) is 16.1. The third-order valence-corrected chi connectivity index (χ3v) is 4.46. The summed E-state index contributed by atoms with van der Waals surface area (Å²) in [4.78, 5) is 14.3. The number of nitrogens with zero attached hydrogens (tertiary/aromatic N) is 1. The van der Waals surface area contributed by atoms with Crippen LogP contribution in [0.15, 0.2) is 18.2 Å². The van der Waals surface area contributed by atoms with Crippen molar-refractivity contribution in [3.8, 4) is 11.5 Å². The Labute approximate surface area is 166 Å². The van der Waals surface area contributed by atoms with Crippen molar-refractivity contribution in [1.82, 2.24) is 10.2 Å². The lowest BCUT2D eigenvalue weighted by Crippen LogP contribution is -2.38. The van der Waals surface area contributed by atoms with Crippen molar-refractivity contribution in [2.24, 2.45) is 0 Å². The van der Waals surface area contributed by atoms with E-state index in [1.807, 2.05) is 6.92 Å². The van der Waals surface area contributed by atoms with Crippen LogP contribution in [0.4, 0.5) is 0 Å². The second-order valence-corrected chi connectivity index (χ2v) is 6.72. The summed E-state index contributed by atoms with van der Waals surface area (Å²) in [7, 11) is 1.57. The Bertz CT molecular complexity index is 631. The molecule has 1 N–H and O–H groups in total. The first-order valence-electron chi connectivity index (χ1n) is 9.40. The SMILES string of the molecule is CCCOc1c(Cl)cc(C=CC(=O)NCCCN2CCOCC2)cc1OC. The van der Waals surface area contributed by atoms with Crippen LogP contribution in [0, 0.1) is 0 Å². The molecule has 1 fully saturated rings. The van der Waals surface area contributed by atoms with E-state index in [0.29, 0.717) is 29.7 Å². The lowest BCUT2D eigenvalue weighted by atomic mass is 10.2. The number of morpholine rings is 1. The highest BCUT2D eigenvalue weighted by Crippen LogP contribution is 2.36. The fraction of sp³-hybridized carbons (Fsp3) is 0.550. The summed E-state index contributed by atoms with van der Waals surface area (Å²) < 4.78 is 16.3. The number of rotatable bonds is 10. The topological polar surface area (TPSA) is 60.0 Å². The monoisotopic (exact) mass is 396 g/mol. The molecule has 0 spiro atoms. The number of benzene rings is 1. The molecule has 1 heterocycles. The molecule has 0 radical (unpaired) electrons. The molecule has 0 atom stereocenters. The minimum Gasteiger partial charge on any atom is -0.493 e. The van der Waals surface area contributed by atoms with Crippen LogP contribution in [0.2, 0.25) is 5.02 Å². The fourth-order valence-corrected chi connectivity index (χ4v) is 3.02. The van der Waals surface area contributed by atoms with E-state index < -0.39 is 0 Å². The molecule has 1 aromatic carbocycles. The Morgan fingerprint density at radius 3 is 2.85 bits per heavy atom. The van der Waals surface area contributed by atoms with Crippen LogP contribution in [0.25, 0.3) is 6.08 Å². The predicted octanol–water partition coefficient (Wildman–Crippen LogP) is 2.99. The largest absolute Gasteiger partial charge is 0.493 e. The van der Waals surface area contributed by atoms with E-state index in [1.165, 1.54) is 6.08 Å². The van der Waals surface area contributed by atoms with E-state index in [4.69, 9.17) is 25.8 Å². The normalized spacial score (nSPS) is 15.1. The number of carbonyl (C=O) groups is 1. The highest BCUT2D eigenvalue weighted by atomic mass is 35.5. The van der Waals surface area contributed by atoms with Gasteiger partial charge >= 0.3 is 0 Å². The molecule has 1 aromatic rings. The van der Waals surface area contributed by atoms with E-state index in [1.54, 1.807) is 25.3 Å². The molecule has 0 bridgehead atoms. The number of methoxy groups -OCH3 is 1. The summed E-state index contributed by atoms with van der Waals surface area (Å²) in [6, 6.07) is 3.57. The highest BCUT2D eigenvalue weighted by Gasteiger charge is 2.11. The number of hydrogen-bond donors (Lipinski definition) is 1. The Hall–Kier alpha value is -1.76. The number of halogens is 1. The molecule has 27 heavy (non-hydrogen) atoms. The molecule has 0 aliphatic carbocycles. The van der Waals surface area contributed by atoms with Gasteiger partial charge in [0.25, 0.3) is 0 Å². The lowest BCUT2D eigenvalue weighted by Gasteiger charge is -2.26. The van der Waals surface area contributed by atoms with Gasteiger partial charge in [-0.15, -0.1) is 0 Å². The van der Waals surface area contributed by atoms with Gasteiger partial charge in [0, 0.05) is 25.7 Å². The maximum atomic E-state index is 12.0. The van der Waals surface area contributed by atoms with Gasteiger partial charge in [0.2, 0.25) is 5.91 Å². The molecule has 6 nitrogen and oxygen atoms in total. The minimum absolute atomic E-state index is 0.127. The van der Waals surface area contributed by atoms with E-state index in [2.05, 4.69) is 10.2 Å². The molecule has 0 saturated carbocycles. The summed E-state index contributed by atoms with van der Waals surface area (Å²) in [5.41, 5.74) is 0.782. The molecule has 150 valence electrons. The molecule has 0 unspecified atom stereocenters. The second-order valence-electron chi connectivity index (χ2n) is 6.31. The molecule has 1 aliphatic heterocycles. The van der Waals surface area contributed by atoms with Crippen molar-refractivity contribution in [1.29, 1.82) is 0 Å². The Balaban J connectivity index is 1.81. The van der Waals surface area contributed by atoms with Crippen molar-refractivity contribution in [3.05, 3.63) is 28.8 Å². The number of carbonyl (C=O) groups excluding carboxylic acids is 1. The van der Waals surface area contributed by atoms with Gasteiger partial charge in [0.05, 0.1) is 32.0 Å². The zero-order valence-corrected chi connectivity index (χ0v) is 16.9. The van der Waals surface area contributed by atoms with Gasteiger partial charge in [-0.05, 0) is 43.2 Å². The first kappa shape index (κ1) is 21.5. The molecule has 7 heteroatoms. The van der Waals surface area contributed by atoms with Crippen molar-refractivity contribution >= 4 is 23.6 Å². The van der Waals surface area contributed by atoms with Crippen LogP contribution in [0.3, 0.4) is 0 Å². The Morgan fingerprint density at radius 1 is 1.37 bits per heavy atom. The minimum atomic E-state index is -0.127. The molecule has 1 saturated heterocycles. The zero-order chi connectivity index (χ0) is 19.5. The van der Waals surface area contributed by atoms with Gasteiger partial charge in [-0.1, -0.05) is 18.5 Å². The summed E-state index contributed by atoms with van der Waals surface area (Å²) in [6.07, 6.45) is 5.03. The van der Waals surface area contributed by atoms with E-state index in [-0.39, 0.29) is 5.91 Å². The number of amides is 1. The van der Waals surface area contributed by atoms with Crippen LogP contribution in [-0.2, 0) is 9.53 Å². The number of ether oxygens (including phenoxy) is 3. The molecule has 1 aliphatic rings. The lowest BCUT2D eigenvalue weighted by molar-refractivity contribution is -0.116. The van der Waals surface area contributed by atoms with Gasteiger partial charge in [-0.25, -0.2) is 0 Å². The molecule has 2 rings (SSSR count). The van der Waals surface area contributed by atoms with Crippen molar-refractivity contribution in [2.45, 2.75) is 19.8 Å². The average molecular weight is 397 g/mol. The van der Waals surface area contributed by atoms with Crippen molar-refractivity contribution in [2.75, 3.05) is 53.1 Å². The first-order chi connectivity index (χ1) is 13.1. The summed E-state index contributed by atoms with van der Waals surface area (Å²) in [6.45, 7) is 7.73. The van der Waals surface area contributed by atoms with E-state index in [0.717, 1.165) is 51.3 Å². The third kappa shape index (κ3) is 7.40. The van der Waals surface area contributed by atoms with Gasteiger partial charge in [0.15, 0.2) is 11.5 Å². The second kappa shape index (κ2) is 11.8. The van der Waals surface area contributed by atoms with E-state index >= 15 is 0 Å². The van der Waals surface area contributed by atoms with Crippen molar-refractivity contribution in [3.63, 3.8) is 0 Å². The smallest absolute Gasteiger partial charge is 0.243 e. The predicted molar refractivity (Wildman–Crippen MR) is 108 cm³/mol. The van der Waals surface area contributed by atoms with Gasteiger partial charge < -0.3 is 19.5 Å². The maximum absolute atomic E-state index is 12.0. The molecule has 0 aromatic heterocycles. The van der Waals surface area contributed by atoms with Crippen LogP contribution in [0.5, 0.6) is 11.5 Å². The summed E-state index contributed by atoms with van der Waals surface area (Å²) >= 11 is 6.29. The van der Waals surface area contributed by atoms with Crippen molar-refractivity contribution < 1.29 is 19.0 Å². The quantitative estimate of drug-likeness (QED) is 0.486. The van der Waals surface area contributed by atoms with Crippen LogP contribution >= 0.6 is 11.6 Å². The van der Waals surface area contributed by atoms with Gasteiger partial charge in [0.1, 0.15) is 0 Å². The molecular weight excluding hydrogens is 368 g/mol. The van der Waals surface area contributed by atoms with E-state index in [9.17, 15) is 4.79 Å². The summed E-state index contributed by atoms with van der Waals surface area (Å²) in [5, 5.41) is 3.37. The number of hydrogen-bond acceptors (Lipinski definition) is 5. The summed E-state index contributed by atoms with van der Waals surface area (Å²) in [5.74, 6) is 0.964. The molecule has 1 amide bonds.